The number of anilines is 1. The third-order valence-electron chi connectivity index (χ3n) is 5.10. The zero-order valence-electron chi connectivity index (χ0n) is 15.8. The Morgan fingerprint density at radius 1 is 1.07 bits per heavy atom. The van der Waals surface area contributed by atoms with Crippen LogP contribution in [0, 0.1) is 0 Å². The minimum absolute atomic E-state index is 0.0771. The average Bonchev–Trinajstić information content (AvgIpc) is 3.26. The van der Waals surface area contributed by atoms with Gasteiger partial charge in [-0.15, -0.1) is 0 Å². The molecule has 0 radical (unpaired) electrons. The Labute approximate surface area is 157 Å². The molecule has 3 aromatic rings. The van der Waals surface area contributed by atoms with Gasteiger partial charge in [-0.1, -0.05) is 18.2 Å². The lowest BCUT2D eigenvalue weighted by molar-refractivity contribution is 0.0977. The van der Waals surface area contributed by atoms with Gasteiger partial charge < -0.3 is 24.1 Å². The molecule has 1 amide bonds. The fourth-order valence-corrected chi connectivity index (χ4v) is 3.86. The second-order valence-electron chi connectivity index (χ2n) is 6.64. The van der Waals surface area contributed by atoms with Gasteiger partial charge in [0.25, 0.3) is 5.91 Å². The van der Waals surface area contributed by atoms with Crippen molar-refractivity contribution < 1.29 is 19.0 Å². The molecule has 1 aliphatic rings. The third-order valence-corrected chi connectivity index (χ3v) is 5.10. The van der Waals surface area contributed by atoms with Crippen LogP contribution in [0.4, 0.5) is 5.69 Å². The molecule has 0 aliphatic carbocycles. The van der Waals surface area contributed by atoms with Gasteiger partial charge >= 0.3 is 0 Å². The SMILES string of the molecule is COc1cc(OC)c2cc(C(=O)N3c4ccccc4CC3C)[nH]c2c1OC. The molecular formula is C21H22N2O4. The van der Waals surface area contributed by atoms with Crippen molar-refractivity contribution in [3.8, 4) is 17.2 Å². The Kier molecular flexibility index (Phi) is 4.18. The number of rotatable bonds is 4. The van der Waals surface area contributed by atoms with E-state index in [1.54, 1.807) is 27.4 Å². The number of amides is 1. The molecule has 0 spiro atoms. The summed E-state index contributed by atoms with van der Waals surface area (Å²) in [6, 6.07) is 11.7. The molecule has 140 valence electrons. The lowest BCUT2D eigenvalue weighted by atomic mass is 10.1. The van der Waals surface area contributed by atoms with Crippen molar-refractivity contribution in [1.29, 1.82) is 0 Å². The number of nitrogens with one attached hydrogen (secondary N) is 1. The normalized spacial score (nSPS) is 15.7. The molecular weight excluding hydrogens is 344 g/mol. The molecule has 1 aromatic heterocycles. The van der Waals surface area contributed by atoms with E-state index in [2.05, 4.69) is 18.0 Å². The predicted octanol–water partition coefficient (Wildman–Crippen LogP) is 3.79. The minimum atomic E-state index is -0.0771. The van der Waals surface area contributed by atoms with E-state index in [0.29, 0.717) is 28.5 Å². The van der Waals surface area contributed by atoms with E-state index in [4.69, 9.17) is 14.2 Å². The molecule has 6 nitrogen and oxygen atoms in total. The highest BCUT2D eigenvalue weighted by atomic mass is 16.5. The van der Waals surface area contributed by atoms with Crippen LogP contribution in [0.5, 0.6) is 17.2 Å². The fourth-order valence-electron chi connectivity index (χ4n) is 3.86. The number of nitrogens with zero attached hydrogens (tertiary/aromatic N) is 1. The number of aromatic nitrogens is 1. The Balaban J connectivity index is 1.84. The predicted molar refractivity (Wildman–Crippen MR) is 104 cm³/mol. The molecule has 27 heavy (non-hydrogen) atoms. The van der Waals surface area contributed by atoms with E-state index < -0.39 is 0 Å². The molecule has 4 rings (SSSR count). The van der Waals surface area contributed by atoms with Crippen LogP contribution in [0.3, 0.4) is 0 Å². The van der Waals surface area contributed by atoms with Gasteiger partial charge in [0.15, 0.2) is 11.5 Å². The first-order valence-corrected chi connectivity index (χ1v) is 8.82. The number of H-pyrrole nitrogens is 1. The van der Waals surface area contributed by atoms with Crippen LogP contribution >= 0.6 is 0 Å². The summed E-state index contributed by atoms with van der Waals surface area (Å²) in [5, 5.41) is 0.777. The Morgan fingerprint density at radius 3 is 2.52 bits per heavy atom. The Bertz CT molecular complexity index is 1020. The molecule has 0 bridgehead atoms. The summed E-state index contributed by atoms with van der Waals surface area (Å²) in [6.45, 7) is 2.06. The van der Waals surface area contributed by atoms with Crippen LogP contribution in [-0.4, -0.2) is 38.3 Å². The van der Waals surface area contributed by atoms with E-state index in [1.165, 1.54) is 5.56 Å². The smallest absolute Gasteiger partial charge is 0.274 e. The van der Waals surface area contributed by atoms with E-state index in [9.17, 15) is 4.79 Å². The average molecular weight is 366 g/mol. The van der Waals surface area contributed by atoms with E-state index in [-0.39, 0.29) is 11.9 Å². The van der Waals surface area contributed by atoms with Gasteiger partial charge in [-0.25, -0.2) is 0 Å². The number of fused-ring (bicyclic) bond motifs is 2. The van der Waals surface area contributed by atoms with Gasteiger partial charge in [-0.05, 0) is 31.0 Å². The van der Waals surface area contributed by atoms with Gasteiger partial charge in [-0.2, -0.15) is 0 Å². The minimum Gasteiger partial charge on any atom is -0.496 e. The maximum absolute atomic E-state index is 13.3. The lowest BCUT2D eigenvalue weighted by Gasteiger charge is -2.22. The first kappa shape index (κ1) is 17.3. The van der Waals surface area contributed by atoms with Crippen molar-refractivity contribution in [2.75, 3.05) is 26.2 Å². The van der Waals surface area contributed by atoms with E-state index in [0.717, 1.165) is 17.5 Å². The van der Waals surface area contributed by atoms with Crippen molar-refractivity contribution in [3.05, 3.63) is 47.7 Å². The number of hydrogen-bond acceptors (Lipinski definition) is 4. The number of para-hydroxylation sites is 1. The molecule has 2 heterocycles. The number of methoxy groups -OCH3 is 3. The number of aromatic amines is 1. The van der Waals surface area contributed by atoms with Crippen molar-refractivity contribution >= 4 is 22.5 Å². The molecule has 0 saturated carbocycles. The number of ether oxygens (including phenoxy) is 3. The highest BCUT2D eigenvalue weighted by Gasteiger charge is 2.32. The van der Waals surface area contributed by atoms with Crippen molar-refractivity contribution in [2.24, 2.45) is 0 Å². The van der Waals surface area contributed by atoms with Gasteiger partial charge in [0.05, 0.1) is 26.8 Å². The largest absolute Gasteiger partial charge is 0.496 e. The zero-order valence-corrected chi connectivity index (χ0v) is 15.8. The summed E-state index contributed by atoms with van der Waals surface area (Å²) in [4.78, 5) is 18.4. The van der Waals surface area contributed by atoms with Crippen molar-refractivity contribution in [3.63, 3.8) is 0 Å². The number of carbonyl (C=O) groups is 1. The summed E-state index contributed by atoms with van der Waals surface area (Å²) in [5.41, 5.74) is 3.31. The van der Waals surface area contributed by atoms with E-state index >= 15 is 0 Å². The summed E-state index contributed by atoms with van der Waals surface area (Å²) in [5.74, 6) is 1.63. The molecule has 1 aliphatic heterocycles. The van der Waals surface area contributed by atoms with Crippen molar-refractivity contribution in [1.82, 2.24) is 4.98 Å². The summed E-state index contributed by atoms with van der Waals surface area (Å²) in [6.07, 6.45) is 0.850. The lowest BCUT2D eigenvalue weighted by Crippen LogP contribution is -2.35. The summed E-state index contributed by atoms with van der Waals surface area (Å²) >= 11 is 0. The maximum Gasteiger partial charge on any atom is 0.274 e. The topological polar surface area (TPSA) is 63.8 Å². The summed E-state index contributed by atoms with van der Waals surface area (Å²) in [7, 11) is 4.74. The fraction of sp³-hybridized carbons (Fsp3) is 0.286. The standard InChI is InChI=1S/C21H22N2O4/c1-12-9-13-7-5-6-8-16(13)23(12)21(24)15-10-14-17(25-2)11-18(26-3)20(27-4)19(14)22-15/h5-8,10-12,22H,9H2,1-4H3. The number of carbonyl (C=O) groups excluding carboxylic acids is 1. The van der Waals surface area contributed by atoms with Crippen LogP contribution in [0.1, 0.15) is 23.0 Å². The Morgan fingerprint density at radius 2 is 1.81 bits per heavy atom. The zero-order chi connectivity index (χ0) is 19.1. The van der Waals surface area contributed by atoms with Crippen LogP contribution in [0.2, 0.25) is 0 Å². The Hall–Kier alpha value is -3.15. The molecule has 0 saturated heterocycles. The maximum atomic E-state index is 13.3. The molecule has 6 heteroatoms. The number of hydrogen-bond donors (Lipinski definition) is 1. The van der Waals surface area contributed by atoms with Crippen LogP contribution in [0.25, 0.3) is 10.9 Å². The molecule has 1 unspecified atom stereocenters. The van der Waals surface area contributed by atoms with E-state index in [1.807, 2.05) is 29.2 Å². The van der Waals surface area contributed by atoms with Crippen LogP contribution in [-0.2, 0) is 6.42 Å². The second kappa shape index (κ2) is 6.54. The molecule has 1 N–H and O–H groups in total. The van der Waals surface area contributed by atoms with Crippen LogP contribution in [0.15, 0.2) is 36.4 Å². The first-order valence-electron chi connectivity index (χ1n) is 8.82. The first-order chi connectivity index (χ1) is 13.1. The summed E-state index contributed by atoms with van der Waals surface area (Å²) < 4.78 is 16.4. The molecule has 2 aromatic carbocycles. The second-order valence-corrected chi connectivity index (χ2v) is 6.64. The molecule has 1 atom stereocenters. The highest BCUT2D eigenvalue weighted by molar-refractivity contribution is 6.10. The quantitative estimate of drug-likeness (QED) is 0.763. The van der Waals surface area contributed by atoms with Gasteiger partial charge in [0, 0.05) is 23.2 Å². The third kappa shape index (κ3) is 2.60. The van der Waals surface area contributed by atoms with Gasteiger partial charge in [0.1, 0.15) is 11.4 Å². The monoisotopic (exact) mass is 366 g/mol. The van der Waals surface area contributed by atoms with Crippen LogP contribution < -0.4 is 19.1 Å². The molecule has 0 fully saturated rings. The highest BCUT2D eigenvalue weighted by Crippen LogP contribution is 2.42. The van der Waals surface area contributed by atoms with Gasteiger partial charge in [-0.3, -0.25) is 4.79 Å². The van der Waals surface area contributed by atoms with Gasteiger partial charge in [0.2, 0.25) is 0 Å². The number of benzene rings is 2. The van der Waals surface area contributed by atoms with Crippen molar-refractivity contribution in [2.45, 2.75) is 19.4 Å².